The Bertz CT molecular complexity index is 452. The Balaban J connectivity index is 3.20. The summed E-state index contributed by atoms with van der Waals surface area (Å²) in [6.07, 6.45) is 0.737. The van der Waals surface area contributed by atoms with E-state index in [2.05, 4.69) is 5.32 Å². The van der Waals surface area contributed by atoms with Crippen LogP contribution < -0.4 is 5.32 Å². The Morgan fingerprint density at radius 2 is 2.11 bits per heavy atom. The molecule has 4 nitrogen and oxygen atoms in total. The molecule has 0 spiro atoms. The molecule has 0 saturated heterocycles. The molecule has 0 aliphatic carbocycles. The molecule has 0 aromatic heterocycles. The predicted molar refractivity (Wildman–Crippen MR) is 70.6 cm³/mol. The van der Waals surface area contributed by atoms with Crippen molar-refractivity contribution in [3.8, 4) is 0 Å². The van der Waals surface area contributed by atoms with E-state index in [1.807, 2.05) is 20.8 Å². The van der Waals surface area contributed by atoms with Gasteiger partial charge in [0.1, 0.15) is 0 Å². The Hall–Kier alpha value is -1.36. The molecule has 1 aromatic carbocycles. The largest absolute Gasteiger partial charge is 0.374 e. The van der Waals surface area contributed by atoms with Crippen LogP contribution in [0.3, 0.4) is 0 Å². The molecule has 0 fully saturated rings. The summed E-state index contributed by atoms with van der Waals surface area (Å²) in [7, 11) is 0. The molecular formula is C12H16ClFN2O2. The van der Waals surface area contributed by atoms with Crippen molar-refractivity contribution in [2.75, 3.05) is 5.32 Å². The van der Waals surface area contributed by atoms with Crippen molar-refractivity contribution in [1.82, 2.24) is 0 Å². The van der Waals surface area contributed by atoms with Gasteiger partial charge in [-0.1, -0.05) is 32.4 Å². The van der Waals surface area contributed by atoms with E-state index in [-0.39, 0.29) is 28.4 Å². The maximum absolute atomic E-state index is 13.9. The van der Waals surface area contributed by atoms with Crippen molar-refractivity contribution in [3.63, 3.8) is 0 Å². The van der Waals surface area contributed by atoms with E-state index in [4.69, 9.17) is 11.6 Å². The van der Waals surface area contributed by atoms with Crippen LogP contribution in [0.25, 0.3) is 0 Å². The summed E-state index contributed by atoms with van der Waals surface area (Å²) in [4.78, 5) is 10.3. The highest BCUT2D eigenvalue weighted by Gasteiger charge is 2.23. The summed E-state index contributed by atoms with van der Waals surface area (Å²) < 4.78 is 13.9. The van der Waals surface area contributed by atoms with E-state index >= 15 is 0 Å². The van der Waals surface area contributed by atoms with Crippen molar-refractivity contribution in [2.45, 2.75) is 33.2 Å². The summed E-state index contributed by atoms with van der Waals surface area (Å²) in [5, 5.41) is 13.6. The first-order chi connectivity index (χ1) is 8.38. The van der Waals surface area contributed by atoms with E-state index in [1.165, 1.54) is 12.1 Å². The normalized spacial score (nSPS) is 12.6. The fraction of sp³-hybridized carbons (Fsp3) is 0.500. The molecular weight excluding hydrogens is 259 g/mol. The SMILES string of the molecule is CCC(Nc1c([N+](=O)[O-])ccc(Cl)c1F)C(C)C. The van der Waals surface area contributed by atoms with Gasteiger partial charge in [0.05, 0.1) is 9.95 Å². The third kappa shape index (κ3) is 3.10. The summed E-state index contributed by atoms with van der Waals surface area (Å²) in [5.74, 6) is -0.544. The minimum atomic E-state index is -0.773. The Morgan fingerprint density at radius 3 is 2.56 bits per heavy atom. The van der Waals surface area contributed by atoms with Gasteiger partial charge in [-0.05, 0) is 18.4 Å². The standard InChI is InChI=1S/C12H16ClFN2O2/c1-4-9(7(2)3)15-12-10(16(17)18)6-5-8(13)11(12)14/h5-7,9,15H,4H2,1-3H3. The molecule has 1 atom stereocenters. The van der Waals surface area contributed by atoms with Crippen molar-refractivity contribution in [2.24, 2.45) is 5.92 Å². The van der Waals surface area contributed by atoms with Crippen molar-refractivity contribution >= 4 is 23.0 Å². The lowest BCUT2D eigenvalue weighted by atomic mass is 10.0. The van der Waals surface area contributed by atoms with Gasteiger partial charge in [0.2, 0.25) is 0 Å². The lowest BCUT2D eigenvalue weighted by Gasteiger charge is -2.22. The number of benzene rings is 1. The molecule has 0 heterocycles. The smallest absolute Gasteiger partial charge is 0.295 e. The number of hydrogen-bond donors (Lipinski definition) is 1. The Labute approximate surface area is 110 Å². The van der Waals surface area contributed by atoms with Crippen LogP contribution in [0.2, 0.25) is 5.02 Å². The average Bonchev–Trinajstić information content (AvgIpc) is 2.30. The zero-order valence-electron chi connectivity index (χ0n) is 10.5. The maximum atomic E-state index is 13.9. The van der Waals surface area contributed by atoms with Crippen LogP contribution in [0.15, 0.2) is 12.1 Å². The number of nitrogens with zero attached hydrogens (tertiary/aromatic N) is 1. The number of nitrogens with one attached hydrogen (secondary N) is 1. The topological polar surface area (TPSA) is 55.2 Å². The highest BCUT2D eigenvalue weighted by Crippen LogP contribution is 2.33. The van der Waals surface area contributed by atoms with Gasteiger partial charge in [-0.15, -0.1) is 0 Å². The van der Waals surface area contributed by atoms with Crippen molar-refractivity contribution in [3.05, 3.63) is 33.1 Å². The fourth-order valence-corrected chi connectivity index (χ4v) is 1.91. The molecule has 0 bridgehead atoms. The monoisotopic (exact) mass is 274 g/mol. The van der Waals surface area contributed by atoms with Gasteiger partial charge in [-0.3, -0.25) is 10.1 Å². The molecule has 1 unspecified atom stereocenters. The van der Waals surface area contributed by atoms with Crippen LogP contribution in [0.4, 0.5) is 15.8 Å². The average molecular weight is 275 g/mol. The predicted octanol–water partition coefficient (Wildman–Crippen LogP) is 4.23. The number of nitro benzene ring substituents is 1. The van der Waals surface area contributed by atoms with Gasteiger partial charge in [0.25, 0.3) is 5.69 Å². The molecule has 18 heavy (non-hydrogen) atoms. The third-order valence-electron chi connectivity index (χ3n) is 2.84. The van der Waals surface area contributed by atoms with Crippen LogP contribution in [0.5, 0.6) is 0 Å². The first-order valence-corrected chi connectivity index (χ1v) is 6.15. The van der Waals surface area contributed by atoms with E-state index < -0.39 is 10.7 Å². The fourth-order valence-electron chi connectivity index (χ4n) is 1.76. The maximum Gasteiger partial charge on any atom is 0.295 e. The Kier molecular flexibility index (Phi) is 4.90. The second kappa shape index (κ2) is 6.00. The molecule has 0 aliphatic rings. The second-order valence-corrected chi connectivity index (χ2v) is 4.82. The first-order valence-electron chi connectivity index (χ1n) is 5.77. The summed E-state index contributed by atoms with van der Waals surface area (Å²) in [6, 6.07) is 2.36. The highest BCUT2D eigenvalue weighted by atomic mass is 35.5. The van der Waals surface area contributed by atoms with Crippen LogP contribution in [0.1, 0.15) is 27.2 Å². The molecule has 1 N–H and O–H groups in total. The molecule has 0 aliphatic heterocycles. The summed E-state index contributed by atoms with van der Waals surface area (Å²) >= 11 is 5.66. The van der Waals surface area contributed by atoms with Crippen molar-refractivity contribution in [1.29, 1.82) is 0 Å². The van der Waals surface area contributed by atoms with Crippen LogP contribution in [0, 0.1) is 21.8 Å². The molecule has 1 aromatic rings. The summed E-state index contributed by atoms with van der Waals surface area (Å²) in [6.45, 7) is 5.87. The molecule has 6 heteroatoms. The molecule has 0 amide bonds. The van der Waals surface area contributed by atoms with Gasteiger partial charge >= 0.3 is 0 Å². The van der Waals surface area contributed by atoms with Crippen LogP contribution >= 0.6 is 11.6 Å². The lowest BCUT2D eigenvalue weighted by Crippen LogP contribution is -2.25. The molecule has 0 saturated carbocycles. The van der Waals surface area contributed by atoms with Crippen LogP contribution in [-0.2, 0) is 0 Å². The zero-order chi connectivity index (χ0) is 13.9. The quantitative estimate of drug-likeness (QED) is 0.645. The van der Waals surface area contributed by atoms with Crippen LogP contribution in [-0.4, -0.2) is 11.0 Å². The first kappa shape index (κ1) is 14.7. The van der Waals surface area contributed by atoms with Crippen molar-refractivity contribution < 1.29 is 9.31 Å². The molecule has 0 radical (unpaired) electrons. The minimum Gasteiger partial charge on any atom is -0.374 e. The summed E-state index contributed by atoms with van der Waals surface area (Å²) in [5.41, 5.74) is -0.427. The number of anilines is 1. The van der Waals surface area contributed by atoms with Gasteiger partial charge < -0.3 is 5.32 Å². The minimum absolute atomic E-state index is 0.0448. The molecule has 100 valence electrons. The van der Waals surface area contributed by atoms with Gasteiger partial charge in [0, 0.05) is 12.1 Å². The van der Waals surface area contributed by atoms with E-state index in [0.717, 1.165) is 6.42 Å². The van der Waals surface area contributed by atoms with E-state index in [0.29, 0.717) is 0 Å². The van der Waals surface area contributed by atoms with E-state index in [1.54, 1.807) is 0 Å². The Morgan fingerprint density at radius 1 is 1.50 bits per heavy atom. The lowest BCUT2D eigenvalue weighted by molar-refractivity contribution is -0.384. The van der Waals surface area contributed by atoms with E-state index in [9.17, 15) is 14.5 Å². The third-order valence-corrected chi connectivity index (χ3v) is 3.14. The number of halogens is 2. The second-order valence-electron chi connectivity index (χ2n) is 4.42. The number of hydrogen-bond acceptors (Lipinski definition) is 3. The zero-order valence-corrected chi connectivity index (χ0v) is 11.3. The molecule has 1 rings (SSSR count). The van der Waals surface area contributed by atoms with Gasteiger partial charge in [-0.2, -0.15) is 0 Å². The van der Waals surface area contributed by atoms with Gasteiger partial charge in [0.15, 0.2) is 11.5 Å². The number of nitro groups is 1. The number of rotatable bonds is 5. The van der Waals surface area contributed by atoms with Gasteiger partial charge in [-0.25, -0.2) is 4.39 Å². The highest BCUT2D eigenvalue weighted by molar-refractivity contribution is 6.31.